The minimum absolute atomic E-state index is 0.348. The average Bonchev–Trinajstić information content (AvgIpc) is 2.82. The van der Waals surface area contributed by atoms with Crippen molar-refractivity contribution in [3.8, 4) is 0 Å². The molecule has 18 heavy (non-hydrogen) atoms. The summed E-state index contributed by atoms with van der Waals surface area (Å²) in [7, 11) is 0. The Morgan fingerprint density at radius 2 is 2.17 bits per heavy atom. The minimum Gasteiger partial charge on any atom is -0.391 e. The van der Waals surface area contributed by atoms with E-state index in [4.69, 9.17) is 10.6 Å². The van der Waals surface area contributed by atoms with E-state index in [-0.39, 0.29) is 0 Å². The van der Waals surface area contributed by atoms with Gasteiger partial charge in [0, 0.05) is 25.6 Å². The zero-order valence-corrected chi connectivity index (χ0v) is 10.9. The van der Waals surface area contributed by atoms with Crippen LogP contribution in [0, 0.1) is 5.92 Å². The van der Waals surface area contributed by atoms with Crippen LogP contribution < -0.4 is 5.73 Å². The normalized spacial score (nSPS) is 22.6. The number of nitrogens with two attached hydrogens (primary N) is 1. The fraction of sp³-hybridized carbons (Fsp3) is 0.500. The maximum absolute atomic E-state index is 5.76. The quantitative estimate of drug-likeness (QED) is 0.802. The lowest BCUT2D eigenvalue weighted by molar-refractivity contribution is 0.129. The molecule has 1 aliphatic heterocycles. The standard InChI is InChI=1S/C14H21N3O/c1-2-17-9-13(8-15)14(10-17)16-18-11-12-6-4-3-5-7-12/h3-7,13H,2,8-11,15H2,1H3/b16-14+. The van der Waals surface area contributed by atoms with Gasteiger partial charge >= 0.3 is 0 Å². The van der Waals surface area contributed by atoms with Crippen molar-refractivity contribution in [1.82, 2.24) is 4.90 Å². The summed E-state index contributed by atoms with van der Waals surface area (Å²) in [5, 5.41) is 4.26. The van der Waals surface area contributed by atoms with Gasteiger partial charge in [-0.15, -0.1) is 0 Å². The van der Waals surface area contributed by atoms with Crippen molar-refractivity contribution in [2.45, 2.75) is 13.5 Å². The third-order valence-electron chi connectivity index (χ3n) is 3.32. The summed E-state index contributed by atoms with van der Waals surface area (Å²) in [5.41, 5.74) is 7.98. The first-order chi connectivity index (χ1) is 8.83. The lowest BCUT2D eigenvalue weighted by Gasteiger charge is -2.09. The molecule has 1 atom stereocenters. The monoisotopic (exact) mass is 247 g/mol. The Kier molecular flexibility index (Phi) is 4.73. The van der Waals surface area contributed by atoms with E-state index in [0.717, 1.165) is 30.9 Å². The van der Waals surface area contributed by atoms with Crippen LogP contribution in [-0.4, -0.2) is 36.8 Å². The highest BCUT2D eigenvalue weighted by Crippen LogP contribution is 2.13. The third kappa shape index (κ3) is 3.31. The van der Waals surface area contributed by atoms with Gasteiger partial charge in [-0.1, -0.05) is 42.4 Å². The first kappa shape index (κ1) is 13.1. The summed E-state index contributed by atoms with van der Waals surface area (Å²) in [4.78, 5) is 7.77. The highest BCUT2D eigenvalue weighted by molar-refractivity contribution is 5.90. The number of rotatable bonds is 5. The van der Waals surface area contributed by atoms with E-state index in [1.54, 1.807) is 0 Å². The molecule has 1 saturated heterocycles. The van der Waals surface area contributed by atoms with E-state index in [0.29, 0.717) is 19.1 Å². The van der Waals surface area contributed by atoms with Gasteiger partial charge in [-0.3, -0.25) is 4.90 Å². The summed E-state index contributed by atoms with van der Waals surface area (Å²) in [5.74, 6) is 0.348. The highest BCUT2D eigenvalue weighted by Gasteiger charge is 2.27. The SMILES string of the molecule is CCN1C/C(=N\OCc2ccccc2)C(CN)C1. The van der Waals surface area contributed by atoms with E-state index in [9.17, 15) is 0 Å². The average molecular weight is 247 g/mol. The van der Waals surface area contributed by atoms with Gasteiger partial charge in [-0.05, 0) is 12.1 Å². The summed E-state index contributed by atoms with van der Waals surface area (Å²) < 4.78 is 0. The van der Waals surface area contributed by atoms with Gasteiger partial charge in [-0.2, -0.15) is 0 Å². The van der Waals surface area contributed by atoms with Crippen molar-refractivity contribution >= 4 is 5.71 Å². The molecular formula is C14H21N3O. The molecule has 0 amide bonds. The van der Waals surface area contributed by atoms with Crippen molar-refractivity contribution in [3.63, 3.8) is 0 Å². The lowest BCUT2D eigenvalue weighted by atomic mass is 10.1. The van der Waals surface area contributed by atoms with Crippen LogP contribution in [0.25, 0.3) is 0 Å². The second-order valence-electron chi connectivity index (χ2n) is 4.60. The Balaban J connectivity index is 1.88. The van der Waals surface area contributed by atoms with Gasteiger partial charge < -0.3 is 10.6 Å². The van der Waals surface area contributed by atoms with E-state index in [2.05, 4.69) is 17.0 Å². The summed E-state index contributed by atoms with van der Waals surface area (Å²) in [6.45, 7) is 6.24. The van der Waals surface area contributed by atoms with Crippen molar-refractivity contribution in [1.29, 1.82) is 0 Å². The molecule has 1 unspecified atom stereocenters. The molecule has 2 rings (SSSR count). The van der Waals surface area contributed by atoms with Crippen LogP contribution >= 0.6 is 0 Å². The second kappa shape index (κ2) is 6.52. The largest absolute Gasteiger partial charge is 0.391 e. The zero-order chi connectivity index (χ0) is 12.8. The summed E-state index contributed by atoms with van der Waals surface area (Å²) in [6, 6.07) is 10.1. The number of oxime groups is 1. The van der Waals surface area contributed by atoms with E-state index < -0.39 is 0 Å². The zero-order valence-electron chi connectivity index (χ0n) is 10.9. The van der Waals surface area contributed by atoms with Gasteiger partial charge in [0.1, 0.15) is 6.61 Å². The number of likely N-dealkylation sites (tertiary alicyclic amines) is 1. The highest BCUT2D eigenvalue weighted by atomic mass is 16.6. The molecule has 2 N–H and O–H groups in total. The Morgan fingerprint density at radius 3 is 2.83 bits per heavy atom. The molecule has 1 aromatic rings. The molecule has 0 aromatic heterocycles. The fourth-order valence-corrected chi connectivity index (χ4v) is 2.16. The summed E-state index contributed by atoms with van der Waals surface area (Å²) >= 11 is 0. The van der Waals surface area contributed by atoms with E-state index in [1.807, 2.05) is 30.3 Å². The van der Waals surface area contributed by atoms with Crippen LogP contribution in [0.15, 0.2) is 35.5 Å². The van der Waals surface area contributed by atoms with Gasteiger partial charge in [0.05, 0.1) is 5.71 Å². The first-order valence-corrected chi connectivity index (χ1v) is 6.48. The van der Waals surface area contributed by atoms with Crippen LogP contribution in [0.4, 0.5) is 0 Å². The number of nitrogens with zero attached hydrogens (tertiary/aromatic N) is 2. The molecule has 0 bridgehead atoms. The molecule has 4 nitrogen and oxygen atoms in total. The van der Waals surface area contributed by atoms with Crippen LogP contribution in [0.5, 0.6) is 0 Å². The fourth-order valence-electron chi connectivity index (χ4n) is 2.16. The first-order valence-electron chi connectivity index (χ1n) is 6.48. The molecule has 4 heteroatoms. The molecule has 1 aromatic carbocycles. The van der Waals surface area contributed by atoms with Crippen LogP contribution in [-0.2, 0) is 11.4 Å². The van der Waals surface area contributed by atoms with E-state index >= 15 is 0 Å². The third-order valence-corrected chi connectivity index (χ3v) is 3.32. The Morgan fingerprint density at radius 1 is 1.39 bits per heavy atom. The molecule has 98 valence electrons. The Hall–Kier alpha value is -1.39. The van der Waals surface area contributed by atoms with Crippen molar-refractivity contribution in [2.75, 3.05) is 26.2 Å². The van der Waals surface area contributed by atoms with Crippen LogP contribution in [0.3, 0.4) is 0 Å². The maximum atomic E-state index is 5.76. The molecule has 0 aliphatic carbocycles. The van der Waals surface area contributed by atoms with Gasteiger partial charge in [0.2, 0.25) is 0 Å². The van der Waals surface area contributed by atoms with Crippen LogP contribution in [0.1, 0.15) is 12.5 Å². The summed E-state index contributed by atoms with van der Waals surface area (Å²) in [6.07, 6.45) is 0. The predicted octanol–water partition coefficient (Wildman–Crippen LogP) is 1.47. The number of hydrogen-bond acceptors (Lipinski definition) is 4. The molecule has 1 aliphatic rings. The van der Waals surface area contributed by atoms with Crippen LogP contribution in [0.2, 0.25) is 0 Å². The minimum atomic E-state index is 0.348. The molecule has 1 fully saturated rings. The predicted molar refractivity (Wildman–Crippen MR) is 73.3 cm³/mol. The van der Waals surface area contributed by atoms with Gasteiger partial charge in [-0.25, -0.2) is 0 Å². The van der Waals surface area contributed by atoms with Crippen molar-refractivity contribution in [2.24, 2.45) is 16.8 Å². The topological polar surface area (TPSA) is 50.8 Å². The van der Waals surface area contributed by atoms with Crippen molar-refractivity contribution in [3.05, 3.63) is 35.9 Å². The van der Waals surface area contributed by atoms with Gasteiger partial charge in [0.25, 0.3) is 0 Å². The molecular weight excluding hydrogens is 226 g/mol. The maximum Gasteiger partial charge on any atom is 0.142 e. The Labute approximate surface area is 108 Å². The van der Waals surface area contributed by atoms with E-state index in [1.165, 1.54) is 0 Å². The number of hydrogen-bond donors (Lipinski definition) is 1. The lowest BCUT2D eigenvalue weighted by Crippen LogP contribution is -2.23. The van der Waals surface area contributed by atoms with Gasteiger partial charge in [0.15, 0.2) is 0 Å². The smallest absolute Gasteiger partial charge is 0.142 e. The molecule has 1 heterocycles. The second-order valence-corrected chi connectivity index (χ2v) is 4.60. The molecule has 0 spiro atoms. The molecule has 0 saturated carbocycles. The molecule has 0 radical (unpaired) electrons. The number of benzene rings is 1. The van der Waals surface area contributed by atoms with Crippen molar-refractivity contribution < 1.29 is 4.84 Å². The Bertz CT molecular complexity index is 391.